The molecule has 0 fully saturated rings. The fourth-order valence-electron chi connectivity index (χ4n) is 2.15. The molecule has 2 heteroatoms. The Bertz CT molecular complexity index is 412. The van der Waals surface area contributed by atoms with E-state index in [4.69, 9.17) is 5.26 Å². The largest absolute Gasteiger partial charge is 0.372 e. The first-order chi connectivity index (χ1) is 8.98. The van der Waals surface area contributed by atoms with E-state index in [0.717, 1.165) is 32.4 Å². The van der Waals surface area contributed by atoms with Crippen LogP contribution in [0.15, 0.2) is 24.3 Å². The molecular weight excluding hydrogens is 232 g/mol. The second kappa shape index (κ2) is 7.19. The number of hydrogen-bond donors (Lipinski definition) is 0. The average molecular weight is 258 g/mol. The van der Waals surface area contributed by atoms with Crippen LogP contribution in [0.4, 0.5) is 5.69 Å². The summed E-state index contributed by atoms with van der Waals surface area (Å²) in [6.45, 7) is 10.4. The average Bonchev–Trinajstić information content (AvgIpc) is 2.40. The van der Waals surface area contributed by atoms with Crippen LogP contribution in [0.25, 0.3) is 0 Å². The maximum Gasteiger partial charge on any atom is 0.0683 e. The van der Waals surface area contributed by atoms with Crippen molar-refractivity contribution in [1.29, 1.82) is 5.26 Å². The molecule has 0 unspecified atom stereocenters. The van der Waals surface area contributed by atoms with Crippen LogP contribution >= 0.6 is 0 Å². The van der Waals surface area contributed by atoms with Crippen LogP contribution < -0.4 is 4.90 Å². The van der Waals surface area contributed by atoms with E-state index in [2.05, 4.69) is 49.1 Å². The normalized spacial score (nSPS) is 11.1. The van der Waals surface area contributed by atoms with E-state index in [1.54, 1.807) is 0 Å². The summed E-state index contributed by atoms with van der Waals surface area (Å²) in [6.07, 6.45) is 3.24. The Morgan fingerprint density at radius 2 is 1.79 bits per heavy atom. The van der Waals surface area contributed by atoms with Crippen molar-refractivity contribution in [3.8, 4) is 6.07 Å². The molecule has 0 aliphatic carbocycles. The molecule has 2 nitrogen and oxygen atoms in total. The van der Waals surface area contributed by atoms with Crippen molar-refractivity contribution in [3.63, 3.8) is 0 Å². The number of nitrogens with zero attached hydrogens (tertiary/aromatic N) is 2. The second-order valence-electron chi connectivity index (χ2n) is 5.87. The molecule has 1 aromatic carbocycles. The van der Waals surface area contributed by atoms with E-state index in [-0.39, 0.29) is 5.41 Å². The Morgan fingerprint density at radius 3 is 2.32 bits per heavy atom. The fraction of sp³-hybridized carbons (Fsp3) is 0.588. The van der Waals surface area contributed by atoms with Crippen molar-refractivity contribution in [2.45, 2.75) is 47.0 Å². The molecule has 0 atom stereocenters. The van der Waals surface area contributed by atoms with Crippen molar-refractivity contribution in [2.24, 2.45) is 5.41 Å². The molecule has 0 radical (unpaired) electrons. The highest BCUT2D eigenvalue weighted by molar-refractivity contribution is 5.47. The minimum absolute atomic E-state index is 0.180. The van der Waals surface area contributed by atoms with Gasteiger partial charge in [-0.05, 0) is 52.7 Å². The highest BCUT2D eigenvalue weighted by Crippen LogP contribution is 2.22. The molecule has 0 spiro atoms. The summed E-state index contributed by atoms with van der Waals surface area (Å²) in [5.74, 6) is 0. The van der Waals surface area contributed by atoms with Crippen LogP contribution in [-0.4, -0.2) is 13.1 Å². The number of rotatable bonds is 7. The Kier molecular flexibility index (Phi) is 5.89. The highest BCUT2D eigenvalue weighted by atomic mass is 15.1. The van der Waals surface area contributed by atoms with Crippen LogP contribution in [0.2, 0.25) is 0 Å². The van der Waals surface area contributed by atoms with Gasteiger partial charge in [-0.3, -0.25) is 0 Å². The monoisotopic (exact) mass is 258 g/mol. The zero-order valence-electron chi connectivity index (χ0n) is 12.7. The van der Waals surface area contributed by atoms with Gasteiger partial charge in [-0.1, -0.05) is 24.1 Å². The van der Waals surface area contributed by atoms with Gasteiger partial charge < -0.3 is 4.90 Å². The molecule has 1 rings (SSSR count). The number of hydrogen-bond acceptors (Lipinski definition) is 2. The van der Waals surface area contributed by atoms with E-state index in [0.29, 0.717) is 0 Å². The Labute approximate surface area is 118 Å². The van der Waals surface area contributed by atoms with Gasteiger partial charge in [0.15, 0.2) is 0 Å². The fourth-order valence-corrected chi connectivity index (χ4v) is 2.15. The molecule has 0 aliphatic heterocycles. The maximum absolute atomic E-state index is 8.99. The van der Waals surface area contributed by atoms with Gasteiger partial charge in [-0.2, -0.15) is 5.26 Å². The third-order valence-electron chi connectivity index (χ3n) is 3.56. The summed E-state index contributed by atoms with van der Waals surface area (Å²) >= 11 is 0. The number of aryl methyl sites for hydroxylation is 1. The van der Waals surface area contributed by atoms with Gasteiger partial charge in [0.2, 0.25) is 0 Å². The molecule has 19 heavy (non-hydrogen) atoms. The third kappa shape index (κ3) is 5.34. The maximum atomic E-state index is 8.99. The predicted octanol–water partition coefficient (Wildman–Crippen LogP) is 4.54. The summed E-state index contributed by atoms with van der Waals surface area (Å²) in [6, 6.07) is 11.1. The van der Waals surface area contributed by atoms with Crippen LogP contribution in [0.1, 0.15) is 45.6 Å². The molecule has 0 N–H and O–H groups in total. The molecular formula is C17H26N2. The molecule has 0 amide bonds. The lowest BCUT2D eigenvalue weighted by Crippen LogP contribution is -2.24. The summed E-state index contributed by atoms with van der Waals surface area (Å²) in [5.41, 5.74) is 2.42. The van der Waals surface area contributed by atoms with Crippen LogP contribution in [0, 0.1) is 23.7 Å². The summed E-state index contributed by atoms with van der Waals surface area (Å²) in [5, 5.41) is 8.99. The van der Waals surface area contributed by atoms with E-state index >= 15 is 0 Å². The molecule has 0 saturated carbocycles. The molecule has 0 aliphatic rings. The smallest absolute Gasteiger partial charge is 0.0683 e. The highest BCUT2D eigenvalue weighted by Gasteiger charge is 2.15. The Balaban J connectivity index is 2.42. The standard InChI is InChI=1S/C17H26N2/c1-5-19(16-10-8-15(2)9-11-16)13-7-6-12-17(3,4)14-18/h8-11H,5-7,12-13H2,1-4H3. The predicted molar refractivity (Wildman–Crippen MR) is 82.3 cm³/mol. The molecule has 0 heterocycles. The van der Waals surface area contributed by atoms with E-state index in [1.165, 1.54) is 11.3 Å². The van der Waals surface area contributed by atoms with E-state index < -0.39 is 0 Å². The number of nitriles is 1. The minimum atomic E-state index is -0.180. The van der Waals surface area contributed by atoms with Crippen molar-refractivity contribution in [3.05, 3.63) is 29.8 Å². The molecule has 104 valence electrons. The quantitative estimate of drug-likeness (QED) is 0.671. The topological polar surface area (TPSA) is 27.0 Å². The Morgan fingerprint density at radius 1 is 1.16 bits per heavy atom. The summed E-state index contributed by atoms with van der Waals surface area (Å²) < 4.78 is 0. The second-order valence-corrected chi connectivity index (χ2v) is 5.87. The van der Waals surface area contributed by atoms with Gasteiger partial charge in [0.1, 0.15) is 0 Å². The lowest BCUT2D eigenvalue weighted by atomic mass is 9.89. The first-order valence-corrected chi connectivity index (χ1v) is 7.21. The van der Waals surface area contributed by atoms with Crippen LogP contribution in [0.3, 0.4) is 0 Å². The van der Waals surface area contributed by atoms with Gasteiger partial charge in [-0.25, -0.2) is 0 Å². The van der Waals surface area contributed by atoms with Crippen LogP contribution in [0.5, 0.6) is 0 Å². The molecule has 1 aromatic rings. The van der Waals surface area contributed by atoms with Gasteiger partial charge in [-0.15, -0.1) is 0 Å². The number of benzene rings is 1. The van der Waals surface area contributed by atoms with E-state index in [9.17, 15) is 0 Å². The minimum Gasteiger partial charge on any atom is -0.372 e. The van der Waals surface area contributed by atoms with Crippen molar-refractivity contribution in [2.75, 3.05) is 18.0 Å². The zero-order valence-corrected chi connectivity index (χ0v) is 12.7. The summed E-state index contributed by atoms with van der Waals surface area (Å²) in [4.78, 5) is 2.40. The van der Waals surface area contributed by atoms with Gasteiger partial charge in [0.25, 0.3) is 0 Å². The first-order valence-electron chi connectivity index (χ1n) is 7.21. The summed E-state index contributed by atoms with van der Waals surface area (Å²) in [7, 11) is 0. The van der Waals surface area contributed by atoms with Crippen molar-refractivity contribution >= 4 is 5.69 Å². The van der Waals surface area contributed by atoms with Crippen molar-refractivity contribution < 1.29 is 0 Å². The SMILES string of the molecule is CCN(CCCCC(C)(C)C#N)c1ccc(C)cc1. The van der Waals surface area contributed by atoms with Gasteiger partial charge in [0, 0.05) is 18.8 Å². The van der Waals surface area contributed by atoms with Gasteiger partial charge >= 0.3 is 0 Å². The number of unbranched alkanes of at least 4 members (excludes halogenated alkanes) is 1. The first kappa shape index (κ1) is 15.6. The number of anilines is 1. The lowest BCUT2D eigenvalue weighted by molar-refractivity contribution is 0.427. The van der Waals surface area contributed by atoms with Gasteiger partial charge in [0.05, 0.1) is 11.5 Å². The molecule has 0 saturated heterocycles. The van der Waals surface area contributed by atoms with E-state index in [1.807, 2.05) is 13.8 Å². The zero-order chi connectivity index (χ0) is 14.3. The van der Waals surface area contributed by atoms with Crippen molar-refractivity contribution in [1.82, 2.24) is 0 Å². The Hall–Kier alpha value is -1.49. The lowest BCUT2D eigenvalue weighted by Gasteiger charge is -2.24. The van der Waals surface area contributed by atoms with Crippen LogP contribution in [-0.2, 0) is 0 Å². The third-order valence-corrected chi connectivity index (χ3v) is 3.56. The molecule has 0 aromatic heterocycles. The molecule has 0 bridgehead atoms.